The van der Waals surface area contributed by atoms with Crippen molar-refractivity contribution in [2.75, 3.05) is 0 Å². The highest BCUT2D eigenvalue weighted by Crippen LogP contribution is 2.46. The largest absolute Gasteiger partial charge is 0.480 e. The smallest absolute Gasteiger partial charge is 0.328 e. The Labute approximate surface area is 115 Å². The van der Waals surface area contributed by atoms with Crippen LogP contribution < -0.4 is 0 Å². The van der Waals surface area contributed by atoms with Gasteiger partial charge in [0.2, 0.25) is 5.91 Å². The van der Waals surface area contributed by atoms with E-state index < -0.39 is 37.9 Å². The van der Waals surface area contributed by atoms with Gasteiger partial charge < -0.3 is 10.0 Å². The summed E-state index contributed by atoms with van der Waals surface area (Å²) in [6, 6.07) is 0.296. The van der Waals surface area contributed by atoms with E-state index in [1.165, 1.54) is 25.2 Å². The number of hydrogen-bond acceptors (Lipinski definition) is 5. The molecule has 0 radical (unpaired) electrons. The van der Waals surface area contributed by atoms with E-state index >= 15 is 0 Å². The fraction of sp³-hybridized carbons (Fsp3) is 0.417. The van der Waals surface area contributed by atoms with Crippen LogP contribution in [0.1, 0.15) is 13.3 Å². The molecule has 106 valence electrons. The third-order valence-electron chi connectivity index (χ3n) is 3.68. The Morgan fingerprint density at radius 3 is 2.70 bits per heavy atom. The fourth-order valence-corrected chi connectivity index (χ4v) is 4.87. The molecule has 1 amide bonds. The number of rotatable bonds is 3. The molecule has 0 aromatic heterocycles. The Kier molecular flexibility index (Phi) is 3.18. The summed E-state index contributed by atoms with van der Waals surface area (Å²) in [7, 11) is -3.82. The molecule has 0 aromatic rings. The summed E-state index contributed by atoms with van der Waals surface area (Å²) >= 11 is 0. The number of fused-ring (bicyclic) bond motifs is 1. The number of amides is 1. The molecular formula is C12H12N2O5S. The summed E-state index contributed by atoms with van der Waals surface area (Å²) in [5.74, 6) is -1.84. The van der Waals surface area contributed by atoms with E-state index in [2.05, 4.69) is 0 Å². The summed E-state index contributed by atoms with van der Waals surface area (Å²) in [6.45, 7) is 1.28. The maximum atomic E-state index is 12.4. The van der Waals surface area contributed by atoms with Crippen LogP contribution in [0.2, 0.25) is 0 Å². The molecule has 2 saturated heterocycles. The average Bonchev–Trinajstić information content (AvgIpc) is 2.49. The van der Waals surface area contributed by atoms with Gasteiger partial charge in [-0.1, -0.05) is 18.2 Å². The van der Waals surface area contributed by atoms with Crippen LogP contribution in [0.25, 0.3) is 0 Å². The highest BCUT2D eigenvalue weighted by molar-refractivity contribution is 7.94. The van der Waals surface area contributed by atoms with Gasteiger partial charge in [-0.3, -0.25) is 4.79 Å². The van der Waals surface area contributed by atoms with Gasteiger partial charge in [0.05, 0.1) is 12.5 Å². The first-order valence-corrected chi connectivity index (χ1v) is 7.33. The number of carboxylic acid groups (broad SMARTS) is 1. The van der Waals surface area contributed by atoms with Crippen LogP contribution in [-0.4, -0.2) is 46.5 Å². The van der Waals surface area contributed by atoms with Crippen molar-refractivity contribution in [2.24, 2.45) is 0 Å². The Balaban J connectivity index is 2.50. The van der Waals surface area contributed by atoms with Crippen molar-refractivity contribution in [3.63, 3.8) is 0 Å². The molecule has 2 aliphatic rings. The molecule has 3 atom stereocenters. The van der Waals surface area contributed by atoms with Gasteiger partial charge >= 0.3 is 5.97 Å². The van der Waals surface area contributed by atoms with E-state index in [1.807, 2.05) is 0 Å². The normalized spacial score (nSPS) is 35.0. The van der Waals surface area contributed by atoms with Crippen LogP contribution in [0.3, 0.4) is 0 Å². The van der Waals surface area contributed by atoms with Gasteiger partial charge in [-0.15, -0.1) is 0 Å². The van der Waals surface area contributed by atoms with Crippen molar-refractivity contribution in [3.8, 4) is 6.07 Å². The van der Waals surface area contributed by atoms with Crippen molar-refractivity contribution in [3.05, 3.63) is 24.3 Å². The highest BCUT2D eigenvalue weighted by atomic mass is 32.2. The van der Waals surface area contributed by atoms with E-state index in [9.17, 15) is 23.1 Å². The van der Waals surface area contributed by atoms with E-state index in [0.717, 1.165) is 11.0 Å². The number of β-lactam (4-membered cyclic amide) rings is 1. The predicted molar refractivity (Wildman–Crippen MR) is 67.9 cm³/mol. The van der Waals surface area contributed by atoms with Crippen molar-refractivity contribution in [2.45, 2.75) is 29.5 Å². The van der Waals surface area contributed by atoms with E-state index in [-0.39, 0.29) is 6.42 Å². The van der Waals surface area contributed by atoms with Gasteiger partial charge in [-0.05, 0) is 6.92 Å². The van der Waals surface area contributed by atoms with Gasteiger partial charge in [0.25, 0.3) is 0 Å². The average molecular weight is 296 g/mol. The van der Waals surface area contributed by atoms with E-state index in [0.29, 0.717) is 0 Å². The van der Waals surface area contributed by atoms with Crippen LogP contribution >= 0.6 is 0 Å². The summed E-state index contributed by atoms with van der Waals surface area (Å²) in [4.78, 5) is 23.8. The number of nitriles is 1. The molecule has 0 saturated carbocycles. The summed E-state index contributed by atoms with van der Waals surface area (Å²) < 4.78 is 23.1. The number of carbonyl (C=O) groups excluding carboxylic acids is 1. The number of nitrogens with zero attached hydrogens (tertiary/aromatic N) is 2. The van der Waals surface area contributed by atoms with Crippen molar-refractivity contribution >= 4 is 21.7 Å². The van der Waals surface area contributed by atoms with Crippen molar-refractivity contribution in [1.29, 1.82) is 5.26 Å². The molecule has 2 aliphatic heterocycles. The van der Waals surface area contributed by atoms with Crippen LogP contribution in [0.15, 0.2) is 24.3 Å². The maximum Gasteiger partial charge on any atom is 0.328 e. The monoisotopic (exact) mass is 296 g/mol. The minimum absolute atomic E-state index is 0.177. The molecule has 2 fully saturated rings. The number of carboxylic acids is 1. The molecule has 8 heteroatoms. The van der Waals surface area contributed by atoms with Crippen LogP contribution in [0, 0.1) is 11.3 Å². The number of aliphatic carboxylic acids is 1. The first-order valence-electron chi connectivity index (χ1n) is 5.79. The molecule has 0 aromatic carbocycles. The summed E-state index contributed by atoms with van der Waals surface area (Å²) in [5.41, 5.74) is 0. The first kappa shape index (κ1) is 14.3. The van der Waals surface area contributed by atoms with E-state index in [1.54, 1.807) is 6.07 Å². The van der Waals surface area contributed by atoms with Gasteiger partial charge in [0.1, 0.15) is 10.1 Å². The molecule has 7 nitrogen and oxygen atoms in total. The van der Waals surface area contributed by atoms with E-state index in [4.69, 9.17) is 5.26 Å². The topological polar surface area (TPSA) is 116 Å². The van der Waals surface area contributed by atoms with Gasteiger partial charge in [0.15, 0.2) is 15.9 Å². The number of allylic oxidation sites excluding steroid dienone is 3. The van der Waals surface area contributed by atoms with Gasteiger partial charge in [-0.2, -0.15) is 5.26 Å². The van der Waals surface area contributed by atoms with Crippen LogP contribution in [0.4, 0.5) is 0 Å². The maximum absolute atomic E-state index is 12.4. The third-order valence-corrected chi connectivity index (χ3v) is 6.38. The lowest BCUT2D eigenvalue weighted by Crippen LogP contribution is -2.57. The second-order valence-electron chi connectivity index (χ2n) is 4.78. The lowest BCUT2D eigenvalue weighted by molar-refractivity contribution is -0.157. The van der Waals surface area contributed by atoms with Crippen LogP contribution in [-0.2, 0) is 19.4 Å². The summed E-state index contributed by atoms with van der Waals surface area (Å²) in [6.07, 6.45) is 4.81. The number of hydrogen-bond donors (Lipinski definition) is 1. The zero-order valence-corrected chi connectivity index (χ0v) is 11.4. The molecule has 1 N–H and O–H groups in total. The SMILES string of the molecule is C[C@]1(/C=C/C=C/C#N)[C@H](C(=O)O)N2C(=O)C[C@H]2S1(=O)=O. The lowest BCUT2D eigenvalue weighted by atomic mass is 9.96. The Morgan fingerprint density at radius 2 is 2.20 bits per heavy atom. The Hall–Kier alpha value is -2.14. The Morgan fingerprint density at radius 1 is 1.55 bits per heavy atom. The predicted octanol–water partition coefficient (Wildman–Crippen LogP) is -0.179. The molecule has 0 aliphatic carbocycles. The van der Waals surface area contributed by atoms with Gasteiger partial charge in [0, 0.05) is 6.08 Å². The molecule has 20 heavy (non-hydrogen) atoms. The second-order valence-corrected chi connectivity index (χ2v) is 7.29. The fourth-order valence-electron chi connectivity index (χ4n) is 2.59. The minimum Gasteiger partial charge on any atom is -0.480 e. The molecule has 0 bridgehead atoms. The second kappa shape index (κ2) is 4.45. The highest BCUT2D eigenvalue weighted by Gasteiger charge is 2.68. The third kappa shape index (κ3) is 1.67. The quantitative estimate of drug-likeness (QED) is 0.439. The molecule has 0 unspecified atom stereocenters. The number of carbonyl (C=O) groups is 2. The molecule has 2 rings (SSSR count). The Bertz CT molecular complexity index is 672. The standard InChI is InChI=1S/C12H12N2O5S/c1-12(5-3-2-4-6-13)10(11(16)17)14-8(15)7-9(14)20(12,18)19/h2-5,9-10H,7H2,1H3,(H,16,17)/b4-2+,5-3+/t9-,10+,12+/m1/s1. The molecular weight excluding hydrogens is 284 g/mol. The van der Waals surface area contributed by atoms with Crippen molar-refractivity contribution in [1.82, 2.24) is 4.90 Å². The minimum atomic E-state index is -3.82. The molecule has 2 heterocycles. The number of sulfone groups is 1. The lowest BCUT2D eigenvalue weighted by Gasteiger charge is -2.35. The zero-order chi connectivity index (χ0) is 15.1. The molecule has 0 spiro atoms. The summed E-state index contributed by atoms with van der Waals surface area (Å²) in [5, 5.41) is 16.6. The van der Waals surface area contributed by atoms with Crippen molar-refractivity contribution < 1.29 is 23.1 Å². The zero-order valence-electron chi connectivity index (χ0n) is 10.6. The first-order chi connectivity index (χ1) is 9.27. The van der Waals surface area contributed by atoms with Gasteiger partial charge in [-0.25, -0.2) is 13.2 Å². The van der Waals surface area contributed by atoms with Crippen LogP contribution in [0.5, 0.6) is 0 Å².